The quantitative estimate of drug-likeness (QED) is 0.695. The molecule has 0 spiro atoms. The van der Waals surface area contributed by atoms with E-state index in [2.05, 4.69) is 12.2 Å². The third-order valence-corrected chi connectivity index (χ3v) is 9.45. The summed E-state index contributed by atoms with van der Waals surface area (Å²) in [7, 11) is -3.87. The molecule has 170 valence electrons. The molecule has 8 heteroatoms. The molecule has 3 aliphatic rings. The number of benzene rings is 1. The van der Waals surface area contributed by atoms with Crippen LogP contribution in [0.4, 0.5) is 0 Å². The molecule has 0 radical (unpaired) electrons. The minimum Gasteiger partial charge on any atom is -0.478 e. The van der Waals surface area contributed by atoms with Crippen LogP contribution in [0.15, 0.2) is 29.2 Å². The number of carbonyl (C=O) groups excluding carboxylic acids is 1. The number of sulfonamides is 1. The Kier molecular flexibility index (Phi) is 6.40. The van der Waals surface area contributed by atoms with Crippen LogP contribution in [-0.4, -0.2) is 48.3 Å². The molecular formula is C23H32N2O5S. The molecule has 3 fully saturated rings. The molecule has 2 bridgehead atoms. The van der Waals surface area contributed by atoms with Crippen molar-refractivity contribution in [3.63, 3.8) is 0 Å². The number of amides is 1. The molecule has 2 aliphatic carbocycles. The molecule has 1 aromatic rings. The van der Waals surface area contributed by atoms with Crippen molar-refractivity contribution in [2.75, 3.05) is 6.54 Å². The van der Waals surface area contributed by atoms with Crippen LogP contribution >= 0.6 is 0 Å². The predicted molar refractivity (Wildman–Crippen MR) is 116 cm³/mol. The fourth-order valence-electron chi connectivity index (χ4n) is 5.94. The van der Waals surface area contributed by atoms with Gasteiger partial charge in [-0.05, 0) is 74.1 Å². The second-order valence-corrected chi connectivity index (χ2v) is 11.2. The summed E-state index contributed by atoms with van der Waals surface area (Å²) in [4.78, 5) is 24.4. The van der Waals surface area contributed by atoms with E-state index in [1.165, 1.54) is 47.8 Å². The van der Waals surface area contributed by atoms with Crippen LogP contribution in [-0.2, 0) is 14.8 Å². The van der Waals surface area contributed by atoms with Crippen molar-refractivity contribution in [3.05, 3.63) is 29.8 Å². The van der Waals surface area contributed by atoms with E-state index in [-0.39, 0.29) is 22.4 Å². The smallest absolute Gasteiger partial charge is 0.335 e. The first-order valence-electron chi connectivity index (χ1n) is 11.5. The number of fused-ring (bicyclic) bond motifs is 2. The maximum Gasteiger partial charge on any atom is 0.335 e. The van der Waals surface area contributed by atoms with E-state index in [0.717, 1.165) is 25.2 Å². The summed E-state index contributed by atoms with van der Waals surface area (Å²) in [5.74, 6) is 0.439. The zero-order chi connectivity index (χ0) is 22.2. The number of hydrogen-bond acceptors (Lipinski definition) is 4. The maximum atomic E-state index is 13.3. The van der Waals surface area contributed by atoms with E-state index in [1.54, 1.807) is 0 Å². The van der Waals surface area contributed by atoms with Gasteiger partial charge in [-0.3, -0.25) is 4.79 Å². The number of carboxylic acids is 1. The van der Waals surface area contributed by atoms with Crippen molar-refractivity contribution in [1.82, 2.24) is 9.62 Å². The molecule has 2 N–H and O–H groups in total. The first-order chi connectivity index (χ1) is 14.8. The van der Waals surface area contributed by atoms with Gasteiger partial charge in [0, 0.05) is 12.6 Å². The largest absolute Gasteiger partial charge is 0.478 e. The zero-order valence-corrected chi connectivity index (χ0v) is 18.8. The highest BCUT2D eigenvalue weighted by molar-refractivity contribution is 7.89. The van der Waals surface area contributed by atoms with Crippen LogP contribution in [0.25, 0.3) is 0 Å². The maximum absolute atomic E-state index is 13.3. The second-order valence-electron chi connectivity index (χ2n) is 9.33. The summed E-state index contributed by atoms with van der Waals surface area (Å²) in [5, 5.41) is 12.3. The van der Waals surface area contributed by atoms with E-state index >= 15 is 0 Å². The van der Waals surface area contributed by atoms with Crippen molar-refractivity contribution < 1.29 is 23.1 Å². The van der Waals surface area contributed by atoms with Gasteiger partial charge in [-0.2, -0.15) is 4.31 Å². The third-order valence-electron chi connectivity index (χ3n) is 7.52. The number of carboxylic acid groups (broad SMARTS) is 1. The number of aromatic carboxylic acids is 1. The molecule has 5 unspecified atom stereocenters. The topological polar surface area (TPSA) is 104 Å². The molecular weight excluding hydrogens is 416 g/mol. The lowest BCUT2D eigenvalue weighted by molar-refractivity contribution is -0.126. The number of nitrogens with zero attached hydrogens (tertiary/aromatic N) is 1. The SMILES string of the molecule is CCC1CC2CCCC(C2)C1NC(=O)C1CCCN1S(=O)(=O)c1ccc(C(=O)O)cc1. The fraction of sp³-hybridized carbons (Fsp3) is 0.652. The highest BCUT2D eigenvalue weighted by Crippen LogP contribution is 2.44. The Morgan fingerprint density at radius 2 is 1.84 bits per heavy atom. The van der Waals surface area contributed by atoms with E-state index in [4.69, 9.17) is 5.11 Å². The van der Waals surface area contributed by atoms with Crippen LogP contribution < -0.4 is 5.32 Å². The zero-order valence-electron chi connectivity index (χ0n) is 18.0. The van der Waals surface area contributed by atoms with Gasteiger partial charge < -0.3 is 10.4 Å². The minimum atomic E-state index is -3.87. The minimum absolute atomic E-state index is 0.0245. The summed E-state index contributed by atoms with van der Waals surface area (Å²) in [5.41, 5.74) is 0.0309. The fourth-order valence-corrected chi connectivity index (χ4v) is 7.60. The number of carbonyl (C=O) groups is 2. The van der Waals surface area contributed by atoms with Gasteiger partial charge in [0.25, 0.3) is 0 Å². The second kappa shape index (κ2) is 8.90. The molecule has 1 saturated heterocycles. The molecule has 1 aromatic carbocycles. The van der Waals surface area contributed by atoms with Crippen molar-refractivity contribution >= 4 is 21.9 Å². The average molecular weight is 449 g/mol. The lowest BCUT2D eigenvalue weighted by Gasteiger charge is -2.46. The Morgan fingerprint density at radius 3 is 2.52 bits per heavy atom. The normalized spacial score (nSPS) is 31.3. The summed E-state index contributed by atoms with van der Waals surface area (Å²) in [6.45, 7) is 2.48. The van der Waals surface area contributed by atoms with Crippen molar-refractivity contribution in [2.45, 2.75) is 75.3 Å². The van der Waals surface area contributed by atoms with Crippen molar-refractivity contribution in [1.29, 1.82) is 0 Å². The van der Waals surface area contributed by atoms with Gasteiger partial charge >= 0.3 is 5.97 Å². The Balaban J connectivity index is 1.50. The summed E-state index contributed by atoms with van der Waals surface area (Å²) in [6, 6.07) is 4.61. The molecule has 2 saturated carbocycles. The van der Waals surface area contributed by atoms with Gasteiger partial charge in [0.1, 0.15) is 6.04 Å². The number of rotatable bonds is 6. The standard InChI is InChI=1S/C23H32N2O5S/c1-2-16-13-15-5-3-6-18(14-15)21(16)24-22(26)20-7-4-12-25(20)31(29,30)19-10-8-17(9-11-19)23(27)28/h8-11,15-16,18,20-21H,2-7,12-14H2,1H3,(H,24,26)(H,27,28). The van der Waals surface area contributed by atoms with Crippen molar-refractivity contribution in [2.24, 2.45) is 17.8 Å². The lowest BCUT2D eigenvalue weighted by atomic mass is 9.64. The molecule has 1 heterocycles. The predicted octanol–water partition coefficient (Wildman–Crippen LogP) is 3.26. The van der Waals surface area contributed by atoms with Crippen LogP contribution in [0.1, 0.15) is 68.6 Å². The van der Waals surface area contributed by atoms with E-state index in [1.807, 2.05) is 0 Å². The summed E-state index contributed by atoms with van der Waals surface area (Å²) >= 11 is 0. The number of nitrogens with one attached hydrogen (secondary N) is 1. The average Bonchev–Trinajstić information content (AvgIpc) is 3.27. The third kappa shape index (κ3) is 4.37. The molecule has 1 aliphatic heterocycles. The van der Waals surface area contributed by atoms with Gasteiger partial charge in [0.15, 0.2) is 0 Å². The highest BCUT2D eigenvalue weighted by atomic mass is 32.2. The van der Waals surface area contributed by atoms with Gasteiger partial charge in [0.2, 0.25) is 15.9 Å². The molecule has 4 rings (SSSR count). The first kappa shape index (κ1) is 22.3. The van der Waals surface area contributed by atoms with Crippen molar-refractivity contribution in [3.8, 4) is 0 Å². The first-order valence-corrected chi connectivity index (χ1v) is 12.9. The van der Waals surface area contributed by atoms with E-state index in [0.29, 0.717) is 31.2 Å². The Hall–Kier alpha value is -1.93. The van der Waals surface area contributed by atoms with Crippen LogP contribution in [0.5, 0.6) is 0 Å². The van der Waals surface area contributed by atoms with Gasteiger partial charge in [-0.15, -0.1) is 0 Å². The van der Waals surface area contributed by atoms with Gasteiger partial charge in [-0.1, -0.05) is 26.2 Å². The molecule has 0 aromatic heterocycles. The summed E-state index contributed by atoms with van der Waals surface area (Å²) in [6.07, 6.45) is 8.15. The Labute approximate surface area is 184 Å². The number of hydrogen-bond donors (Lipinski definition) is 2. The van der Waals surface area contributed by atoms with Crippen LogP contribution in [0.2, 0.25) is 0 Å². The Bertz CT molecular complexity index is 928. The molecule has 7 nitrogen and oxygen atoms in total. The Morgan fingerprint density at radius 1 is 1.10 bits per heavy atom. The van der Waals surface area contributed by atoms with Crippen LogP contribution in [0, 0.1) is 17.8 Å². The monoisotopic (exact) mass is 448 g/mol. The summed E-state index contributed by atoms with van der Waals surface area (Å²) < 4.78 is 27.7. The lowest BCUT2D eigenvalue weighted by Crippen LogP contribution is -2.55. The molecule has 5 atom stereocenters. The van der Waals surface area contributed by atoms with E-state index in [9.17, 15) is 18.0 Å². The van der Waals surface area contributed by atoms with Gasteiger partial charge in [0.05, 0.1) is 10.5 Å². The molecule has 1 amide bonds. The highest BCUT2D eigenvalue weighted by Gasteiger charge is 2.44. The van der Waals surface area contributed by atoms with E-state index < -0.39 is 22.0 Å². The van der Waals surface area contributed by atoms with Crippen LogP contribution in [0.3, 0.4) is 0 Å². The molecule has 31 heavy (non-hydrogen) atoms. The van der Waals surface area contributed by atoms with Gasteiger partial charge in [-0.25, -0.2) is 13.2 Å².